The van der Waals surface area contributed by atoms with Gasteiger partial charge in [0, 0.05) is 11.6 Å². The van der Waals surface area contributed by atoms with E-state index in [4.69, 9.17) is 16.3 Å². The summed E-state index contributed by atoms with van der Waals surface area (Å²) in [6, 6.07) is 2.38. The van der Waals surface area contributed by atoms with Crippen LogP contribution in [0.4, 0.5) is 0 Å². The highest BCUT2D eigenvalue weighted by atomic mass is 35.5. The Labute approximate surface area is 107 Å². The highest BCUT2D eigenvalue weighted by molar-refractivity contribution is 6.30. The SMILES string of the molecule is C=Cc1cc(OC[C@@H]2CCCN2C)cnc1Cl. The molecule has 1 fully saturated rings. The molecule has 0 aromatic carbocycles. The number of hydrogen-bond acceptors (Lipinski definition) is 3. The molecule has 0 saturated carbocycles. The fourth-order valence-corrected chi connectivity index (χ4v) is 2.23. The van der Waals surface area contributed by atoms with E-state index in [0.29, 0.717) is 17.8 Å². The zero-order chi connectivity index (χ0) is 12.3. The van der Waals surface area contributed by atoms with E-state index >= 15 is 0 Å². The lowest BCUT2D eigenvalue weighted by Gasteiger charge is -2.19. The highest BCUT2D eigenvalue weighted by Crippen LogP contribution is 2.21. The number of ether oxygens (including phenoxy) is 1. The summed E-state index contributed by atoms with van der Waals surface area (Å²) in [4.78, 5) is 6.40. The van der Waals surface area contributed by atoms with Crippen molar-refractivity contribution in [1.82, 2.24) is 9.88 Å². The first-order valence-corrected chi connectivity index (χ1v) is 6.19. The zero-order valence-corrected chi connectivity index (χ0v) is 10.8. The molecule has 0 N–H and O–H groups in total. The number of likely N-dealkylation sites (N-methyl/N-ethyl adjacent to an activating group) is 1. The van der Waals surface area contributed by atoms with Gasteiger partial charge in [0.15, 0.2) is 0 Å². The lowest BCUT2D eigenvalue weighted by molar-refractivity contribution is 0.198. The Morgan fingerprint density at radius 2 is 2.53 bits per heavy atom. The van der Waals surface area contributed by atoms with Gasteiger partial charge in [0.25, 0.3) is 0 Å². The average molecular weight is 253 g/mol. The summed E-state index contributed by atoms with van der Waals surface area (Å²) in [5.74, 6) is 0.754. The van der Waals surface area contributed by atoms with E-state index in [0.717, 1.165) is 17.9 Å². The van der Waals surface area contributed by atoms with Crippen LogP contribution in [0.25, 0.3) is 6.08 Å². The van der Waals surface area contributed by atoms with E-state index in [-0.39, 0.29) is 0 Å². The van der Waals surface area contributed by atoms with Crippen LogP contribution in [0.2, 0.25) is 5.15 Å². The highest BCUT2D eigenvalue weighted by Gasteiger charge is 2.21. The standard InChI is InChI=1S/C13H17ClN2O/c1-3-10-7-12(8-15-13(10)14)17-9-11-5-4-6-16(11)2/h3,7-8,11H,1,4-6,9H2,2H3/t11-/m0/s1. The molecule has 0 unspecified atom stereocenters. The van der Waals surface area contributed by atoms with Crippen molar-refractivity contribution < 1.29 is 4.74 Å². The van der Waals surface area contributed by atoms with Gasteiger partial charge in [-0.05, 0) is 32.5 Å². The van der Waals surface area contributed by atoms with Crippen molar-refractivity contribution in [1.29, 1.82) is 0 Å². The Kier molecular flexibility index (Phi) is 4.02. The monoisotopic (exact) mass is 252 g/mol. The van der Waals surface area contributed by atoms with E-state index in [1.165, 1.54) is 12.8 Å². The summed E-state index contributed by atoms with van der Waals surface area (Å²) in [5.41, 5.74) is 0.809. The third-order valence-electron chi connectivity index (χ3n) is 3.17. The van der Waals surface area contributed by atoms with Crippen molar-refractivity contribution in [2.75, 3.05) is 20.2 Å². The van der Waals surface area contributed by atoms with E-state index in [2.05, 4.69) is 23.5 Å². The molecule has 1 aromatic rings. The molecule has 3 nitrogen and oxygen atoms in total. The first kappa shape index (κ1) is 12.4. The van der Waals surface area contributed by atoms with E-state index in [1.807, 2.05) is 6.07 Å². The lowest BCUT2D eigenvalue weighted by atomic mass is 10.2. The third kappa shape index (κ3) is 2.99. The van der Waals surface area contributed by atoms with Gasteiger partial charge in [-0.2, -0.15) is 0 Å². The van der Waals surface area contributed by atoms with Gasteiger partial charge in [-0.15, -0.1) is 0 Å². The van der Waals surface area contributed by atoms with Gasteiger partial charge in [-0.1, -0.05) is 24.3 Å². The molecule has 1 aliphatic heterocycles. The maximum absolute atomic E-state index is 5.90. The van der Waals surface area contributed by atoms with Crippen molar-refractivity contribution in [2.24, 2.45) is 0 Å². The molecule has 92 valence electrons. The Bertz CT molecular complexity index is 408. The summed E-state index contributed by atoms with van der Waals surface area (Å²) < 4.78 is 5.75. The number of rotatable bonds is 4. The molecule has 2 heterocycles. The van der Waals surface area contributed by atoms with Crippen LogP contribution in [0.1, 0.15) is 18.4 Å². The second-order valence-electron chi connectivity index (χ2n) is 4.34. The van der Waals surface area contributed by atoms with Gasteiger partial charge >= 0.3 is 0 Å². The topological polar surface area (TPSA) is 25.4 Å². The summed E-state index contributed by atoms with van der Waals surface area (Å²) in [7, 11) is 2.14. The van der Waals surface area contributed by atoms with Crippen LogP contribution >= 0.6 is 11.6 Å². The van der Waals surface area contributed by atoms with Crippen molar-refractivity contribution in [3.63, 3.8) is 0 Å². The van der Waals surface area contributed by atoms with E-state index in [1.54, 1.807) is 12.3 Å². The molecule has 17 heavy (non-hydrogen) atoms. The predicted octanol–water partition coefficient (Wildman–Crippen LogP) is 2.85. The van der Waals surface area contributed by atoms with Gasteiger partial charge in [0.05, 0.1) is 6.20 Å². The minimum Gasteiger partial charge on any atom is -0.490 e. The van der Waals surface area contributed by atoms with E-state index in [9.17, 15) is 0 Å². The third-order valence-corrected chi connectivity index (χ3v) is 3.49. The van der Waals surface area contributed by atoms with Crippen LogP contribution in [0.15, 0.2) is 18.8 Å². The minimum absolute atomic E-state index is 0.463. The largest absolute Gasteiger partial charge is 0.490 e. The first-order chi connectivity index (χ1) is 8.20. The van der Waals surface area contributed by atoms with Crippen LogP contribution in [0.3, 0.4) is 0 Å². The molecule has 1 aromatic heterocycles. The van der Waals surface area contributed by atoms with Crippen molar-refractivity contribution >= 4 is 17.7 Å². The molecule has 1 saturated heterocycles. The fourth-order valence-electron chi connectivity index (χ4n) is 2.05. The lowest BCUT2D eigenvalue weighted by Crippen LogP contribution is -2.30. The van der Waals surface area contributed by atoms with Crippen molar-refractivity contribution in [2.45, 2.75) is 18.9 Å². The quantitative estimate of drug-likeness (QED) is 0.771. The smallest absolute Gasteiger partial charge is 0.138 e. The minimum atomic E-state index is 0.463. The van der Waals surface area contributed by atoms with Crippen LogP contribution in [0, 0.1) is 0 Å². The Hall–Kier alpha value is -1.06. The normalized spacial score (nSPS) is 20.5. The van der Waals surface area contributed by atoms with Gasteiger partial charge in [0.1, 0.15) is 17.5 Å². The van der Waals surface area contributed by atoms with Gasteiger partial charge in [-0.25, -0.2) is 4.98 Å². The second kappa shape index (κ2) is 5.52. The molecule has 1 aliphatic rings. The maximum Gasteiger partial charge on any atom is 0.138 e. The van der Waals surface area contributed by atoms with Crippen LogP contribution in [0.5, 0.6) is 5.75 Å². The van der Waals surface area contributed by atoms with Crippen LogP contribution in [-0.4, -0.2) is 36.1 Å². The summed E-state index contributed by atoms with van der Waals surface area (Å²) in [5, 5.41) is 0.463. The molecule has 0 bridgehead atoms. The number of likely N-dealkylation sites (tertiary alicyclic amines) is 1. The van der Waals surface area contributed by atoms with Crippen LogP contribution in [-0.2, 0) is 0 Å². The van der Waals surface area contributed by atoms with Crippen molar-refractivity contribution in [3.8, 4) is 5.75 Å². The number of nitrogens with zero attached hydrogens (tertiary/aromatic N) is 2. The summed E-state index contributed by atoms with van der Waals surface area (Å²) >= 11 is 5.90. The summed E-state index contributed by atoms with van der Waals surface area (Å²) in [6.45, 7) is 5.56. The maximum atomic E-state index is 5.90. The van der Waals surface area contributed by atoms with Crippen molar-refractivity contribution in [3.05, 3.63) is 29.6 Å². The van der Waals surface area contributed by atoms with Gasteiger partial charge < -0.3 is 9.64 Å². The van der Waals surface area contributed by atoms with Gasteiger partial charge in [-0.3, -0.25) is 0 Å². The molecule has 0 amide bonds. The number of hydrogen-bond donors (Lipinski definition) is 0. The molecule has 4 heteroatoms. The number of pyridine rings is 1. The molecule has 1 atom stereocenters. The Morgan fingerprint density at radius 3 is 3.18 bits per heavy atom. The first-order valence-electron chi connectivity index (χ1n) is 5.81. The molecule has 0 spiro atoms. The molecule has 0 aliphatic carbocycles. The number of aromatic nitrogens is 1. The number of halogens is 1. The van der Waals surface area contributed by atoms with E-state index < -0.39 is 0 Å². The molecule has 0 radical (unpaired) electrons. The average Bonchev–Trinajstić information content (AvgIpc) is 2.74. The van der Waals surface area contributed by atoms with Crippen LogP contribution < -0.4 is 4.74 Å². The fraction of sp³-hybridized carbons (Fsp3) is 0.462. The Morgan fingerprint density at radius 1 is 1.71 bits per heavy atom. The second-order valence-corrected chi connectivity index (χ2v) is 4.70. The molecular formula is C13H17ClN2O. The zero-order valence-electron chi connectivity index (χ0n) is 10.0. The van der Waals surface area contributed by atoms with Gasteiger partial charge in [0.2, 0.25) is 0 Å². The predicted molar refractivity (Wildman–Crippen MR) is 70.5 cm³/mol. The molecular weight excluding hydrogens is 236 g/mol. The molecule has 2 rings (SSSR count). The Balaban J connectivity index is 1.96. The summed E-state index contributed by atoms with van der Waals surface area (Å²) in [6.07, 6.45) is 5.79.